The van der Waals surface area contributed by atoms with E-state index in [0.29, 0.717) is 0 Å². The Kier molecular flexibility index (Phi) is 3.81. The van der Waals surface area contributed by atoms with Crippen LogP contribution in [0.25, 0.3) is 0 Å². The van der Waals surface area contributed by atoms with Crippen LogP contribution in [0.4, 0.5) is 0 Å². The molecule has 0 unspecified atom stereocenters. The molecular weight excluding hydrogens is 160 g/mol. The summed E-state index contributed by atoms with van der Waals surface area (Å²) in [5, 5.41) is 0. The van der Waals surface area contributed by atoms with Crippen LogP contribution in [0.5, 0.6) is 5.75 Å². The second kappa shape index (κ2) is 4.90. The van der Waals surface area contributed by atoms with Crippen LogP contribution in [0.2, 0.25) is 0 Å². The summed E-state index contributed by atoms with van der Waals surface area (Å²) in [4.78, 5) is 0. The van der Waals surface area contributed by atoms with Gasteiger partial charge in [-0.25, -0.2) is 0 Å². The van der Waals surface area contributed by atoms with E-state index in [9.17, 15) is 0 Å². The number of rotatable bonds is 4. The monoisotopic (exact) mass is 177 g/mol. The zero-order valence-electron chi connectivity index (χ0n) is 8.47. The lowest BCUT2D eigenvalue weighted by Gasteiger charge is -2.11. The molecule has 1 heteroatoms. The maximum absolute atomic E-state index is 5.62. The fourth-order valence-corrected chi connectivity index (χ4v) is 1.36. The molecule has 0 aliphatic carbocycles. The van der Waals surface area contributed by atoms with E-state index < -0.39 is 0 Å². The van der Waals surface area contributed by atoms with Crippen molar-refractivity contribution in [2.24, 2.45) is 0 Å². The van der Waals surface area contributed by atoms with Crippen LogP contribution < -0.4 is 4.74 Å². The summed E-state index contributed by atoms with van der Waals surface area (Å²) in [6.07, 6.45) is 2.03. The zero-order valence-corrected chi connectivity index (χ0v) is 8.47. The number of benzene rings is 1. The van der Waals surface area contributed by atoms with Crippen molar-refractivity contribution in [3.63, 3.8) is 0 Å². The summed E-state index contributed by atoms with van der Waals surface area (Å²) in [5.74, 6) is 0.997. The smallest absolute Gasteiger partial charge is 0.122 e. The van der Waals surface area contributed by atoms with Crippen molar-refractivity contribution in [2.75, 3.05) is 6.61 Å². The summed E-state index contributed by atoms with van der Waals surface area (Å²) in [7, 11) is 0. The first-order valence-electron chi connectivity index (χ1n) is 4.86. The van der Waals surface area contributed by atoms with Crippen molar-refractivity contribution in [1.29, 1.82) is 0 Å². The van der Waals surface area contributed by atoms with Crippen molar-refractivity contribution in [1.82, 2.24) is 0 Å². The lowest BCUT2D eigenvalue weighted by atomic mass is 10.1. The van der Waals surface area contributed by atoms with Gasteiger partial charge in [0, 0.05) is 0 Å². The van der Waals surface area contributed by atoms with Crippen molar-refractivity contribution in [3.05, 3.63) is 36.2 Å². The van der Waals surface area contributed by atoms with Crippen molar-refractivity contribution in [3.8, 4) is 5.75 Å². The number of hydrogen-bond acceptors (Lipinski definition) is 1. The van der Waals surface area contributed by atoms with Crippen LogP contribution in [0.1, 0.15) is 31.4 Å². The van der Waals surface area contributed by atoms with Gasteiger partial charge in [0.05, 0.1) is 6.61 Å². The molecule has 0 saturated heterocycles. The molecule has 0 aliphatic rings. The van der Waals surface area contributed by atoms with Gasteiger partial charge in [-0.3, -0.25) is 0 Å². The molecule has 0 spiro atoms. The van der Waals surface area contributed by atoms with E-state index in [1.54, 1.807) is 0 Å². The number of ether oxygens (including phenoxy) is 1. The molecule has 0 bridgehead atoms. The fourth-order valence-electron chi connectivity index (χ4n) is 1.36. The summed E-state index contributed by atoms with van der Waals surface area (Å²) in [6.45, 7) is 9.01. The van der Waals surface area contributed by atoms with Gasteiger partial charge in [-0.2, -0.15) is 0 Å². The van der Waals surface area contributed by atoms with Crippen LogP contribution in [-0.4, -0.2) is 6.61 Å². The third kappa shape index (κ3) is 2.48. The minimum Gasteiger partial charge on any atom is -0.493 e. The average Bonchev–Trinajstić information content (AvgIpc) is 2.15. The van der Waals surface area contributed by atoms with Gasteiger partial charge in [0.15, 0.2) is 0 Å². The van der Waals surface area contributed by atoms with Gasteiger partial charge in [0.25, 0.3) is 0 Å². The normalized spacial score (nSPS) is 10.1. The molecule has 13 heavy (non-hydrogen) atoms. The SMILES string of the molecule is [CH2]c1cccc(OCCC)c1CC. The van der Waals surface area contributed by atoms with E-state index in [-0.39, 0.29) is 0 Å². The Bertz CT molecular complexity index is 266. The van der Waals surface area contributed by atoms with Crippen LogP contribution in [0.3, 0.4) is 0 Å². The standard InChI is InChI=1S/C12H17O/c1-4-9-13-12-8-6-7-10(3)11(12)5-2/h6-8H,3-5,9H2,1-2H3. The Hall–Kier alpha value is -0.980. The third-order valence-electron chi connectivity index (χ3n) is 2.05. The van der Waals surface area contributed by atoms with Crippen LogP contribution in [0, 0.1) is 6.92 Å². The molecule has 0 heterocycles. The van der Waals surface area contributed by atoms with E-state index in [2.05, 4.69) is 20.8 Å². The summed E-state index contributed by atoms with van der Waals surface area (Å²) in [6, 6.07) is 6.04. The predicted molar refractivity (Wildman–Crippen MR) is 56.1 cm³/mol. The lowest BCUT2D eigenvalue weighted by molar-refractivity contribution is 0.314. The quantitative estimate of drug-likeness (QED) is 0.686. The molecule has 0 aliphatic heterocycles. The fraction of sp³-hybridized carbons (Fsp3) is 0.417. The molecule has 0 saturated carbocycles. The Labute approximate surface area is 80.7 Å². The van der Waals surface area contributed by atoms with Gasteiger partial charge in [-0.15, -0.1) is 0 Å². The topological polar surface area (TPSA) is 9.23 Å². The predicted octanol–water partition coefficient (Wildman–Crippen LogP) is 3.22. The second-order valence-corrected chi connectivity index (χ2v) is 3.10. The highest BCUT2D eigenvalue weighted by atomic mass is 16.5. The molecule has 1 rings (SSSR count). The van der Waals surface area contributed by atoms with Gasteiger partial charge in [-0.05, 0) is 37.0 Å². The molecule has 0 N–H and O–H groups in total. The molecule has 1 aromatic carbocycles. The number of hydrogen-bond donors (Lipinski definition) is 0. The van der Waals surface area contributed by atoms with E-state index in [1.807, 2.05) is 18.2 Å². The molecule has 1 aromatic rings. The molecule has 1 nitrogen and oxygen atoms in total. The van der Waals surface area contributed by atoms with Gasteiger partial charge in [0.1, 0.15) is 5.75 Å². The molecule has 0 atom stereocenters. The van der Waals surface area contributed by atoms with E-state index >= 15 is 0 Å². The molecule has 0 fully saturated rings. The van der Waals surface area contributed by atoms with Gasteiger partial charge in [-0.1, -0.05) is 26.0 Å². The Balaban J connectivity index is 2.85. The first-order chi connectivity index (χ1) is 6.29. The molecule has 0 amide bonds. The molecule has 71 valence electrons. The van der Waals surface area contributed by atoms with E-state index in [0.717, 1.165) is 30.8 Å². The van der Waals surface area contributed by atoms with Crippen LogP contribution in [0.15, 0.2) is 18.2 Å². The van der Waals surface area contributed by atoms with Gasteiger partial charge in [0.2, 0.25) is 0 Å². The van der Waals surface area contributed by atoms with E-state index in [4.69, 9.17) is 4.74 Å². The highest BCUT2D eigenvalue weighted by Gasteiger charge is 2.03. The minimum absolute atomic E-state index is 0.788. The Morgan fingerprint density at radius 2 is 2.08 bits per heavy atom. The van der Waals surface area contributed by atoms with E-state index in [1.165, 1.54) is 5.56 Å². The molecular formula is C12H17O. The van der Waals surface area contributed by atoms with Crippen LogP contribution >= 0.6 is 0 Å². The maximum Gasteiger partial charge on any atom is 0.122 e. The first-order valence-corrected chi connectivity index (χ1v) is 4.86. The minimum atomic E-state index is 0.788. The molecule has 1 radical (unpaired) electrons. The van der Waals surface area contributed by atoms with Crippen molar-refractivity contribution < 1.29 is 4.74 Å². The van der Waals surface area contributed by atoms with Gasteiger partial charge < -0.3 is 4.74 Å². The zero-order chi connectivity index (χ0) is 9.68. The maximum atomic E-state index is 5.62. The van der Waals surface area contributed by atoms with Crippen molar-refractivity contribution in [2.45, 2.75) is 26.7 Å². The summed E-state index contributed by atoms with van der Waals surface area (Å²) >= 11 is 0. The first kappa shape index (κ1) is 10.1. The lowest BCUT2D eigenvalue weighted by Crippen LogP contribution is -1.99. The van der Waals surface area contributed by atoms with Crippen molar-refractivity contribution >= 4 is 0 Å². The van der Waals surface area contributed by atoms with Gasteiger partial charge >= 0.3 is 0 Å². The average molecular weight is 177 g/mol. The summed E-state index contributed by atoms with van der Waals surface area (Å²) in [5.41, 5.74) is 2.31. The largest absolute Gasteiger partial charge is 0.493 e. The van der Waals surface area contributed by atoms with Crippen LogP contribution in [-0.2, 0) is 6.42 Å². The molecule has 0 aromatic heterocycles. The second-order valence-electron chi connectivity index (χ2n) is 3.10. The Morgan fingerprint density at radius 1 is 1.31 bits per heavy atom. The summed E-state index contributed by atoms with van der Waals surface area (Å²) < 4.78 is 5.62. The third-order valence-corrected chi connectivity index (χ3v) is 2.05. The highest BCUT2D eigenvalue weighted by molar-refractivity contribution is 5.41. The Morgan fingerprint density at radius 3 is 2.69 bits per heavy atom. The highest BCUT2D eigenvalue weighted by Crippen LogP contribution is 2.22.